The monoisotopic (exact) mass is 455 g/mol. The highest BCUT2D eigenvalue weighted by atomic mass is 16.5. The average molecular weight is 456 g/mol. The molecule has 2 N–H and O–H groups in total. The lowest BCUT2D eigenvalue weighted by molar-refractivity contribution is 0.0526. The Morgan fingerprint density at radius 3 is 2.41 bits per heavy atom. The largest absolute Gasteiger partial charge is 0.462 e. The highest BCUT2D eigenvalue weighted by molar-refractivity contribution is 6.10. The van der Waals surface area contributed by atoms with Gasteiger partial charge >= 0.3 is 5.97 Å². The van der Waals surface area contributed by atoms with Crippen molar-refractivity contribution in [3.8, 4) is 0 Å². The zero-order valence-corrected chi connectivity index (χ0v) is 19.7. The average Bonchev–Trinajstić information content (AvgIpc) is 3.15. The van der Waals surface area contributed by atoms with Crippen LogP contribution in [0.5, 0.6) is 0 Å². The molecule has 0 aliphatic rings. The molecule has 0 spiro atoms. The molecule has 2 aromatic carbocycles. The minimum absolute atomic E-state index is 0.0379. The van der Waals surface area contributed by atoms with Gasteiger partial charge in [0.25, 0.3) is 5.91 Å². The summed E-state index contributed by atoms with van der Waals surface area (Å²) in [5, 5.41) is 0.782. The number of carbonyl (C=O) groups excluding carboxylic acids is 2. The Morgan fingerprint density at radius 1 is 1.06 bits per heavy atom. The van der Waals surface area contributed by atoms with E-state index in [-0.39, 0.29) is 12.5 Å². The van der Waals surface area contributed by atoms with Gasteiger partial charge in [0.1, 0.15) is 0 Å². The summed E-state index contributed by atoms with van der Waals surface area (Å²) in [4.78, 5) is 29.8. The fourth-order valence-corrected chi connectivity index (χ4v) is 4.56. The van der Waals surface area contributed by atoms with Crippen LogP contribution in [-0.4, -0.2) is 28.0 Å². The molecular weight excluding hydrogens is 426 g/mol. The maximum atomic E-state index is 12.8. The molecule has 2 heterocycles. The number of primary amides is 1. The first-order valence-corrected chi connectivity index (χ1v) is 11.5. The van der Waals surface area contributed by atoms with Crippen molar-refractivity contribution < 1.29 is 14.3 Å². The zero-order valence-electron chi connectivity index (χ0n) is 19.7. The van der Waals surface area contributed by atoms with E-state index in [4.69, 9.17) is 10.5 Å². The molecular formula is C28H29N3O3. The predicted molar refractivity (Wildman–Crippen MR) is 133 cm³/mol. The molecule has 1 amide bonds. The Balaban J connectivity index is 2.05. The SMILES string of the molecule is CCOC(=O)c1cc(Cc2cccnc2)c2c(C(N)=O)c(C(C)C)n(Cc3ccccc3)c2c1. The van der Waals surface area contributed by atoms with E-state index in [1.807, 2.05) is 54.6 Å². The lowest BCUT2D eigenvalue weighted by atomic mass is 9.95. The molecule has 6 heteroatoms. The van der Waals surface area contributed by atoms with Crippen molar-refractivity contribution in [2.45, 2.75) is 39.7 Å². The molecule has 0 aliphatic carbocycles. The van der Waals surface area contributed by atoms with Crippen LogP contribution in [0, 0.1) is 0 Å². The second-order valence-corrected chi connectivity index (χ2v) is 8.64. The number of aromatic nitrogens is 2. The number of rotatable bonds is 8. The molecule has 6 nitrogen and oxygen atoms in total. The van der Waals surface area contributed by atoms with E-state index in [1.54, 1.807) is 19.3 Å². The summed E-state index contributed by atoms with van der Waals surface area (Å²) in [6.45, 7) is 6.72. The van der Waals surface area contributed by atoms with E-state index in [2.05, 4.69) is 23.4 Å². The van der Waals surface area contributed by atoms with Crippen LogP contribution in [0.1, 0.15) is 69.8 Å². The molecule has 0 radical (unpaired) electrons. The van der Waals surface area contributed by atoms with Crippen molar-refractivity contribution in [2.75, 3.05) is 6.61 Å². The van der Waals surface area contributed by atoms with Gasteiger partial charge in [-0.1, -0.05) is 50.2 Å². The van der Waals surface area contributed by atoms with Crippen molar-refractivity contribution in [3.63, 3.8) is 0 Å². The maximum absolute atomic E-state index is 12.8. The second kappa shape index (κ2) is 9.91. The lowest BCUT2D eigenvalue weighted by Crippen LogP contribution is -2.16. The van der Waals surface area contributed by atoms with Crippen LogP contribution in [0.4, 0.5) is 0 Å². The Kier molecular flexibility index (Phi) is 6.77. The number of benzene rings is 2. The number of fused-ring (bicyclic) bond motifs is 1. The third kappa shape index (κ3) is 4.57. The first kappa shape index (κ1) is 23.2. The third-order valence-electron chi connectivity index (χ3n) is 5.89. The van der Waals surface area contributed by atoms with Crippen LogP contribution in [0.2, 0.25) is 0 Å². The number of hydrogen-bond acceptors (Lipinski definition) is 4. The molecule has 0 unspecified atom stereocenters. The summed E-state index contributed by atoms with van der Waals surface area (Å²) in [5.74, 6) is -0.830. The highest BCUT2D eigenvalue weighted by Gasteiger charge is 2.27. The molecule has 0 aliphatic heterocycles. The van der Waals surface area contributed by atoms with Crippen LogP contribution in [0.3, 0.4) is 0 Å². The van der Waals surface area contributed by atoms with E-state index in [1.165, 1.54) is 0 Å². The molecule has 0 saturated heterocycles. The Labute approximate surface area is 199 Å². The Bertz CT molecular complexity index is 1330. The number of esters is 1. The first-order valence-electron chi connectivity index (χ1n) is 11.5. The van der Waals surface area contributed by atoms with Crippen LogP contribution in [0.25, 0.3) is 10.9 Å². The number of nitrogens with zero attached hydrogens (tertiary/aromatic N) is 2. The number of hydrogen-bond donors (Lipinski definition) is 1. The quantitative estimate of drug-likeness (QED) is 0.376. The molecule has 0 bridgehead atoms. The van der Waals surface area contributed by atoms with Crippen molar-refractivity contribution >= 4 is 22.8 Å². The third-order valence-corrected chi connectivity index (χ3v) is 5.89. The van der Waals surface area contributed by atoms with Crippen molar-refractivity contribution in [1.29, 1.82) is 0 Å². The van der Waals surface area contributed by atoms with Crippen LogP contribution >= 0.6 is 0 Å². The fraction of sp³-hybridized carbons (Fsp3) is 0.250. The van der Waals surface area contributed by atoms with E-state index in [0.29, 0.717) is 24.1 Å². The summed E-state index contributed by atoms with van der Waals surface area (Å²) in [6.07, 6.45) is 4.01. The molecule has 0 atom stereocenters. The first-order chi connectivity index (χ1) is 16.4. The maximum Gasteiger partial charge on any atom is 0.338 e. The van der Waals surface area contributed by atoms with E-state index in [9.17, 15) is 9.59 Å². The number of pyridine rings is 1. The predicted octanol–water partition coefficient (Wildman–Crippen LogP) is 5.07. The van der Waals surface area contributed by atoms with Gasteiger partial charge in [-0.25, -0.2) is 4.79 Å². The summed E-state index contributed by atoms with van der Waals surface area (Å²) in [6, 6.07) is 17.5. The summed E-state index contributed by atoms with van der Waals surface area (Å²) < 4.78 is 7.44. The van der Waals surface area contributed by atoms with Crippen molar-refractivity contribution in [3.05, 3.63) is 101 Å². The van der Waals surface area contributed by atoms with Gasteiger partial charge in [0, 0.05) is 30.0 Å². The summed E-state index contributed by atoms with van der Waals surface area (Å²) in [5.41, 5.74) is 11.5. The molecule has 174 valence electrons. The summed E-state index contributed by atoms with van der Waals surface area (Å²) >= 11 is 0. The molecule has 34 heavy (non-hydrogen) atoms. The molecule has 0 fully saturated rings. The molecule has 4 rings (SSSR count). The number of amides is 1. The molecule has 2 aromatic heterocycles. The number of ether oxygens (including phenoxy) is 1. The van der Waals surface area contributed by atoms with Gasteiger partial charge in [0.15, 0.2) is 0 Å². The van der Waals surface area contributed by atoms with Gasteiger partial charge in [0.2, 0.25) is 0 Å². The van der Waals surface area contributed by atoms with Gasteiger partial charge in [-0.05, 0) is 54.2 Å². The smallest absolute Gasteiger partial charge is 0.338 e. The number of nitrogens with two attached hydrogens (primary N) is 1. The van der Waals surface area contributed by atoms with Crippen LogP contribution in [0.15, 0.2) is 67.0 Å². The van der Waals surface area contributed by atoms with Crippen LogP contribution < -0.4 is 5.73 Å². The van der Waals surface area contributed by atoms with E-state index < -0.39 is 11.9 Å². The Morgan fingerprint density at radius 2 is 1.79 bits per heavy atom. The minimum Gasteiger partial charge on any atom is -0.462 e. The normalized spacial score (nSPS) is 11.2. The molecule has 4 aromatic rings. The van der Waals surface area contributed by atoms with Gasteiger partial charge in [-0.2, -0.15) is 0 Å². The van der Waals surface area contributed by atoms with E-state index in [0.717, 1.165) is 33.3 Å². The topological polar surface area (TPSA) is 87.2 Å². The summed E-state index contributed by atoms with van der Waals surface area (Å²) in [7, 11) is 0. The minimum atomic E-state index is -0.475. The van der Waals surface area contributed by atoms with Gasteiger partial charge in [-0.15, -0.1) is 0 Å². The van der Waals surface area contributed by atoms with Gasteiger partial charge < -0.3 is 15.0 Å². The van der Waals surface area contributed by atoms with Gasteiger partial charge in [-0.3, -0.25) is 9.78 Å². The lowest BCUT2D eigenvalue weighted by Gasteiger charge is -2.15. The standard InChI is InChI=1S/C28H29N3O3/c1-4-34-28(33)22-14-21(13-20-11-8-12-30-16-20)24-23(15-22)31(17-19-9-6-5-7-10-19)26(18(2)3)25(24)27(29)32/h5-12,14-16,18H,4,13,17H2,1-3H3,(H2,29,32). The molecule has 0 saturated carbocycles. The second-order valence-electron chi connectivity index (χ2n) is 8.64. The van der Waals surface area contributed by atoms with Crippen molar-refractivity contribution in [2.24, 2.45) is 5.73 Å². The van der Waals surface area contributed by atoms with E-state index >= 15 is 0 Å². The zero-order chi connectivity index (χ0) is 24.2. The fourth-order valence-electron chi connectivity index (χ4n) is 4.56. The number of carbonyl (C=O) groups is 2. The Hall–Kier alpha value is -3.93. The highest BCUT2D eigenvalue weighted by Crippen LogP contribution is 2.36. The van der Waals surface area contributed by atoms with Gasteiger partial charge in [0.05, 0.1) is 23.3 Å². The van der Waals surface area contributed by atoms with Crippen LogP contribution in [-0.2, 0) is 17.7 Å². The van der Waals surface area contributed by atoms with Crippen molar-refractivity contribution in [1.82, 2.24) is 9.55 Å².